The molecule has 0 aliphatic rings. The highest BCUT2D eigenvalue weighted by Crippen LogP contribution is 2.24. The van der Waals surface area contributed by atoms with Crippen molar-refractivity contribution in [1.29, 1.82) is 0 Å². The fraction of sp³-hybridized carbons (Fsp3) is 0.0714. The van der Waals surface area contributed by atoms with Gasteiger partial charge in [-0.15, -0.1) is 11.8 Å². The molecule has 2 nitrogen and oxygen atoms in total. The third kappa shape index (κ3) is 4.00. The van der Waals surface area contributed by atoms with E-state index < -0.39 is 0 Å². The zero-order chi connectivity index (χ0) is 13.7. The summed E-state index contributed by atoms with van der Waals surface area (Å²) in [6, 6.07) is 13.8. The summed E-state index contributed by atoms with van der Waals surface area (Å²) < 4.78 is 0.549. The van der Waals surface area contributed by atoms with E-state index in [-0.39, 0.29) is 11.7 Å². The summed E-state index contributed by atoms with van der Waals surface area (Å²) in [6.45, 7) is 0. The molecular formula is C14H11BrClNOS. The summed E-state index contributed by atoms with van der Waals surface area (Å²) in [7, 11) is 0. The quantitative estimate of drug-likeness (QED) is 0.840. The molecule has 0 heterocycles. The number of thioether (sulfide) groups is 1. The number of hydrogen-bond donors (Lipinski definition) is 1. The van der Waals surface area contributed by atoms with Crippen LogP contribution in [0.4, 0.5) is 5.69 Å². The standard InChI is InChI=1S/C14H11BrClNOS/c15-8-13(16)19-9-14(18)17-12-7-3-5-10-4-1-2-6-11(10)12/h1-8H,9H2,(H,17,18)/b13-8+. The first kappa shape index (κ1) is 14.4. The Morgan fingerprint density at radius 3 is 2.79 bits per heavy atom. The molecule has 98 valence electrons. The molecule has 0 atom stereocenters. The number of carbonyl (C=O) groups is 1. The lowest BCUT2D eigenvalue weighted by Crippen LogP contribution is -2.14. The van der Waals surface area contributed by atoms with Crippen LogP contribution in [0.15, 0.2) is 51.8 Å². The van der Waals surface area contributed by atoms with Gasteiger partial charge in [0, 0.05) is 16.1 Å². The minimum absolute atomic E-state index is 0.0751. The van der Waals surface area contributed by atoms with Crippen molar-refractivity contribution in [2.45, 2.75) is 0 Å². The Morgan fingerprint density at radius 2 is 2.00 bits per heavy atom. The highest BCUT2D eigenvalue weighted by atomic mass is 79.9. The van der Waals surface area contributed by atoms with Crippen LogP contribution in [-0.2, 0) is 4.79 Å². The second-order valence-electron chi connectivity index (χ2n) is 3.78. The fourth-order valence-corrected chi connectivity index (χ4v) is 2.65. The number of rotatable bonds is 4. The van der Waals surface area contributed by atoms with E-state index in [1.54, 1.807) is 4.99 Å². The third-order valence-electron chi connectivity index (χ3n) is 2.49. The number of fused-ring (bicyclic) bond motifs is 1. The van der Waals surface area contributed by atoms with Crippen molar-refractivity contribution in [3.05, 3.63) is 51.8 Å². The van der Waals surface area contributed by atoms with Gasteiger partial charge in [0.2, 0.25) is 5.91 Å². The van der Waals surface area contributed by atoms with Gasteiger partial charge in [-0.3, -0.25) is 4.79 Å². The maximum absolute atomic E-state index is 11.8. The lowest BCUT2D eigenvalue weighted by molar-refractivity contribution is -0.113. The van der Waals surface area contributed by atoms with Crippen molar-refractivity contribution in [2.75, 3.05) is 11.1 Å². The van der Waals surface area contributed by atoms with E-state index in [2.05, 4.69) is 21.2 Å². The molecule has 0 spiro atoms. The molecule has 0 aromatic heterocycles. The molecule has 1 N–H and O–H groups in total. The number of anilines is 1. The van der Waals surface area contributed by atoms with Crippen LogP contribution in [0.1, 0.15) is 0 Å². The van der Waals surface area contributed by atoms with E-state index in [1.165, 1.54) is 11.8 Å². The predicted molar refractivity (Wildman–Crippen MR) is 87.9 cm³/mol. The molecule has 0 aliphatic carbocycles. The number of carbonyl (C=O) groups excluding carboxylic acids is 1. The van der Waals surface area contributed by atoms with E-state index >= 15 is 0 Å². The Bertz CT molecular complexity index is 624. The second-order valence-corrected chi connectivity index (χ2v) is 5.88. The zero-order valence-electron chi connectivity index (χ0n) is 9.90. The van der Waals surface area contributed by atoms with Gasteiger partial charge in [-0.1, -0.05) is 63.9 Å². The summed E-state index contributed by atoms with van der Waals surface area (Å²) in [5, 5.41) is 5.04. The average molecular weight is 357 g/mol. The molecule has 0 bridgehead atoms. The van der Waals surface area contributed by atoms with Crippen LogP contribution in [0.3, 0.4) is 0 Å². The predicted octanol–water partition coefficient (Wildman–Crippen LogP) is 4.94. The van der Waals surface area contributed by atoms with Crippen LogP contribution in [0, 0.1) is 0 Å². The average Bonchev–Trinajstić information content (AvgIpc) is 2.45. The Hall–Kier alpha value is -0.970. The monoisotopic (exact) mass is 355 g/mol. The molecule has 0 saturated carbocycles. The van der Waals surface area contributed by atoms with Gasteiger partial charge in [-0.2, -0.15) is 0 Å². The minimum atomic E-state index is -0.0751. The van der Waals surface area contributed by atoms with Crippen LogP contribution in [0.25, 0.3) is 10.8 Å². The molecule has 2 aromatic rings. The van der Waals surface area contributed by atoms with Gasteiger partial charge in [0.25, 0.3) is 0 Å². The second kappa shape index (κ2) is 6.98. The summed E-state index contributed by atoms with van der Waals surface area (Å²) in [4.78, 5) is 13.4. The SMILES string of the molecule is O=C(CS/C(Cl)=C/Br)Nc1cccc2ccccc12. The highest BCUT2D eigenvalue weighted by Gasteiger charge is 2.06. The molecule has 19 heavy (non-hydrogen) atoms. The van der Waals surface area contributed by atoms with Gasteiger partial charge in [-0.25, -0.2) is 0 Å². The molecule has 0 unspecified atom stereocenters. The normalized spacial score (nSPS) is 11.6. The van der Waals surface area contributed by atoms with Gasteiger partial charge in [-0.05, 0) is 11.5 Å². The van der Waals surface area contributed by atoms with Gasteiger partial charge in [0.1, 0.15) is 0 Å². The van der Waals surface area contributed by atoms with Gasteiger partial charge >= 0.3 is 0 Å². The van der Waals surface area contributed by atoms with Crippen molar-refractivity contribution in [3.8, 4) is 0 Å². The lowest BCUT2D eigenvalue weighted by atomic mass is 10.1. The topological polar surface area (TPSA) is 29.1 Å². The first-order chi connectivity index (χ1) is 9.20. The van der Waals surface area contributed by atoms with Crippen LogP contribution >= 0.6 is 39.3 Å². The molecule has 5 heteroatoms. The third-order valence-corrected chi connectivity index (χ3v) is 4.75. The van der Waals surface area contributed by atoms with Crippen molar-refractivity contribution in [2.24, 2.45) is 0 Å². The summed E-state index contributed by atoms with van der Waals surface area (Å²) >= 11 is 10.2. The number of halogens is 2. The van der Waals surface area contributed by atoms with Gasteiger partial charge < -0.3 is 5.32 Å². The van der Waals surface area contributed by atoms with Gasteiger partial charge in [0.15, 0.2) is 0 Å². The van der Waals surface area contributed by atoms with E-state index in [9.17, 15) is 4.79 Å². The van der Waals surface area contributed by atoms with Crippen LogP contribution in [0.2, 0.25) is 0 Å². The van der Waals surface area contributed by atoms with E-state index in [0.29, 0.717) is 4.36 Å². The first-order valence-electron chi connectivity index (χ1n) is 5.57. The maximum Gasteiger partial charge on any atom is 0.234 e. The highest BCUT2D eigenvalue weighted by molar-refractivity contribution is 9.11. The molecule has 0 fully saturated rings. The molecule has 0 saturated heterocycles. The van der Waals surface area contributed by atoms with Crippen molar-refractivity contribution < 1.29 is 4.79 Å². The van der Waals surface area contributed by atoms with Crippen LogP contribution in [0.5, 0.6) is 0 Å². The zero-order valence-corrected chi connectivity index (χ0v) is 13.1. The van der Waals surface area contributed by atoms with Crippen molar-refractivity contribution >= 4 is 61.7 Å². The van der Waals surface area contributed by atoms with Gasteiger partial charge in [0.05, 0.1) is 10.1 Å². The minimum Gasteiger partial charge on any atom is -0.325 e. The number of benzene rings is 2. The maximum atomic E-state index is 11.8. The van der Waals surface area contributed by atoms with Crippen LogP contribution in [-0.4, -0.2) is 11.7 Å². The Kier molecular flexibility index (Phi) is 5.31. The molecule has 0 aliphatic heterocycles. The smallest absolute Gasteiger partial charge is 0.234 e. The Morgan fingerprint density at radius 1 is 1.26 bits per heavy atom. The van der Waals surface area contributed by atoms with Crippen molar-refractivity contribution in [1.82, 2.24) is 0 Å². The molecule has 2 rings (SSSR count). The van der Waals surface area contributed by atoms with Crippen LogP contribution < -0.4 is 5.32 Å². The Labute approximate surface area is 129 Å². The number of amides is 1. The summed E-state index contributed by atoms with van der Waals surface area (Å²) in [5.74, 6) is 0.207. The lowest BCUT2D eigenvalue weighted by Gasteiger charge is -2.08. The Balaban J connectivity index is 2.11. The molecule has 0 radical (unpaired) electrons. The van der Waals surface area contributed by atoms with Crippen molar-refractivity contribution in [3.63, 3.8) is 0 Å². The van der Waals surface area contributed by atoms with E-state index in [4.69, 9.17) is 11.6 Å². The number of nitrogens with one attached hydrogen (secondary N) is 1. The first-order valence-corrected chi connectivity index (χ1v) is 7.85. The summed E-state index contributed by atoms with van der Waals surface area (Å²) in [5.41, 5.74) is 0.822. The number of hydrogen-bond acceptors (Lipinski definition) is 2. The fourth-order valence-electron chi connectivity index (χ4n) is 1.69. The largest absolute Gasteiger partial charge is 0.325 e. The van der Waals surface area contributed by atoms with E-state index in [1.807, 2.05) is 42.5 Å². The summed E-state index contributed by atoms with van der Waals surface area (Å²) in [6.07, 6.45) is 0. The molecule has 1 amide bonds. The van der Waals surface area contributed by atoms with E-state index in [0.717, 1.165) is 16.5 Å². The molecular weight excluding hydrogens is 346 g/mol. The molecule has 2 aromatic carbocycles.